The number of amides is 1. The summed E-state index contributed by atoms with van der Waals surface area (Å²) in [7, 11) is 0. The average Bonchev–Trinajstić information content (AvgIpc) is 3.12. The van der Waals surface area contributed by atoms with Gasteiger partial charge in [0.1, 0.15) is 11.5 Å². The number of carbonyl (C=O) groups is 2. The highest BCUT2D eigenvalue weighted by Gasteiger charge is 2.46. The predicted octanol–water partition coefficient (Wildman–Crippen LogP) is 2.62. The fraction of sp³-hybridized carbons (Fsp3) is 0.400. The van der Waals surface area contributed by atoms with E-state index >= 15 is 0 Å². The van der Waals surface area contributed by atoms with E-state index in [-0.39, 0.29) is 11.3 Å². The number of ether oxygens (including phenoxy) is 2. The summed E-state index contributed by atoms with van der Waals surface area (Å²) in [5.74, 6) is -0.918. The van der Waals surface area contributed by atoms with E-state index in [0.717, 1.165) is 19.5 Å². The number of rotatable bonds is 8. The molecule has 0 aliphatic carbocycles. The number of hydrogen-bond donors (Lipinski definition) is 1. The average molecular weight is 452 g/mol. The maximum Gasteiger partial charge on any atom is 0.295 e. The van der Waals surface area contributed by atoms with E-state index in [1.165, 1.54) is 4.90 Å². The van der Waals surface area contributed by atoms with Gasteiger partial charge in [-0.1, -0.05) is 25.1 Å². The van der Waals surface area contributed by atoms with Crippen LogP contribution in [0.3, 0.4) is 0 Å². The molecule has 1 unspecified atom stereocenters. The summed E-state index contributed by atoms with van der Waals surface area (Å²) in [6.07, 6.45) is 4.12. The second-order valence-electron chi connectivity index (χ2n) is 8.11. The number of carbonyl (C=O) groups excluding carboxylic acids is 2. The summed E-state index contributed by atoms with van der Waals surface area (Å²) in [5, 5.41) is 11.2. The Morgan fingerprint density at radius 2 is 2.00 bits per heavy atom. The van der Waals surface area contributed by atoms with E-state index in [4.69, 9.17) is 9.47 Å². The quantitative estimate of drug-likeness (QED) is 0.375. The van der Waals surface area contributed by atoms with Gasteiger partial charge >= 0.3 is 0 Å². The molecule has 0 saturated carbocycles. The summed E-state index contributed by atoms with van der Waals surface area (Å²) in [5.41, 5.74) is 1.19. The predicted molar refractivity (Wildman–Crippen MR) is 123 cm³/mol. The molecule has 2 aliphatic heterocycles. The number of morpholine rings is 1. The number of ketones is 1. The first-order chi connectivity index (χ1) is 16.1. The maximum absolute atomic E-state index is 13.1. The Labute approximate surface area is 193 Å². The highest BCUT2D eigenvalue weighted by molar-refractivity contribution is 6.46. The monoisotopic (exact) mass is 451 g/mol. The highest BCUT2D eigenvalue weighted by atomic mass is 16.5. The zero-order chi connectivity index (χ0) is 23.2. The lowest BCUT2D eigenvalue weighted by molar-refractivity contribution is -0.140. The van der Waals surface area contributed by atoms with Gasteiger partial charge in [0.25, 0.3) is 11.7 Å². The first-order valence-corrected chi connectivity index (χ1v) is 11.3. The second-order valence-corrected chi connectivity index (χ2v) is 8.11. The van der Waals surface area contributed by atoms with Crippen LogP contribution in [-0.2, 0) is 14.3 Å². The molecule has 0 bridgehead atoms. The third-order valence-corrected chi connectivity index (χ3v) is 5.88. The molecular weight excluding hydrogens is 422 g/mol. The minimum absolute atomic E-state index is 0.0719. The molecule has 2 aromatic rings. The molecule has 0 radical (unpaired) electrons. The number of aliphatic hydroxyl groups is 1. The van der Waals surface area contributed by atoms with Gasteiger partial charge in [0.2, 0.25) is 0 Å². The van der Waals surface area contributed by atoms with E-state index in [1.54, 1.807) is 42.7 Å². The topological polar surface area (TPSA) is 92.2 Å². The fourth-order valence-corrected chi connectivity index (χ4v) is 4.18. The fourth-order valence-electron chi connectivity index (χ4n) is 4.18. The lowest BCUT2D eigenvalue weighted by Gasteiger charge is -2.30. The molecule has 1 N–H and O–H groups in total. The van der Waals surface area contributed by atoms with Crippen LogP contribution in [0.1, 0.15) is 30.5 Å². The number of likely N-dealkylation sites (tertiary alicyclic amines) is 1. The van der Waals surface area contributed by atoms with Crippen molar-refractivity contribution >= 4 is 17.4 Å². The van der Waals surface area contributed by atoms with Gasteiger partial charge in [-0.05, 0) is 30.2 Å². The standard InChI is InChI=1S/C25H29N3O5/c1-2-13-33-20-7-3-5-18(16-20)23(29)21-22(19-6-4-8-26-17-19)28(25(31)24(21)30)10-9-27-11-14-32-15-12-27/h3-8,16-17,22,29H,2,9-15H2,1H3. The molecule has 8 heteroatoms. The van der Waals surface area contributed by atoms with Gasteiger partial charge in [0, 0.05) is 44.1 Å². The van der Waals surface area contributed by atoms with Gasteiger partial charge in [-0.2, -0.15) is 0 Å². The second kappa shape index (κ2) is 10.6. The lowest BCUT2D eigenvalue weighted by atomic mass is 9.96. The zero-order valence-electron chi connectivity index (χ0n) is 18.8. The van der Waals surface area contributed by atoms with Crippen molar-refractivity contribution in [1.82, 2.24) is 14.8 Å². The zero-order valence-corrected chi connectivity index (χ0v) is 18.8. The van der Waals surface area contributed by atoms with E-state index < -0.39 is 17.7 Å². The van der Waals surface area contributed by atoms with Gasteiger partial charge in [-0.3, -0.25) is 19.5 Å². The molecule has 2 saturated heterocycles. The van der Waals surface area contributed by atoms with Crippen LogP contribution in [-0.4, -0.2) is 77.6 Å². The van der Waals surface area contributed by atoms with Crippen LogP contribution in [0, 0.1) is 0 Å². The van der Waals surface area contributed by atoms with Gasteiger partial charge in [0.05, 0.1) is 31.4 Å². The van der Waals surface area contributed by atoms with Crippen LogP contribution >= 0.6 is 0 Å². The molecule has 4 rings (SSSR count). The third kappa shape index (κ3) is 5.07. The number of aliphatic hydroxyl groups excluding tert-OH is 1. The van der Waals surface area contributed by atoms with Gasteiger partial charge in [-0.15, -0.1) is 0 Å². The third-order valence-electron chi connectivity index (χ3n) is 5.88. The summed E-state index contributed by atoms with van der Waals surface area (Å²) >= 11 is 0. The summed E-state index contributed by atoms with van der Waals surface area (Å²) in [4.78, 5) is 34.1. The Kier molecular flexibility index (Phi) is 7.36. The van der Waals surface area contributed by atoms with Crippen molar-refractivity contribution in [2.24, 2.45) is 0 Å². The minimum atomic E-state index is -0.708. The first-order valence-electron chi connectivity index (χ1n) is 11.3. The SMILES string of the molecule is CCCOc1cccc(C(O)=C2C(=O)C(=O)N(CCN3CCOCC3)C2c2cccnc2)c1. The van der Waals surface area contributed by atoms with Crippen LogP contribution in [0.25, 0.3) is 5.76 Å². The number of aromatic nitrogens is 1. The molecular formula is C25H29N3O5. The molecule has 2 fully saturated rings. The Balaban J connectivity index is 1.69. The number of pyridine rings is 1. The molecule has 8 nitrogen and oxygen atoms in total. The largest absolute Gasteiger partial charge is 0.507 e. The Morgan fingerprint density at radius 1 is 1.18 bits per heavy atom. The molecule has 3 heterocycles. The summed E-state index contributed by atoms with van der Waals surface area (Å²) in [6.45, 7) is 6.41. The molecule has 1 aromatic carbocycles. The van der Waals surface area contributed by atoms with Gasteiger partial charge in [0.15, 0.2) is 0 Å². The Hall–Kier alpha value is -3.23. The highest BCUT2D eigenvalue weighted by Crippen LogP contribution is 2.39. The summed E-state index contributed by atoms with van der Waals surface area (Å²) < 4.78 is 11.1. The van der Waals surface area contributed by atoms with Crippen molar-refractivity contribution < 1.29 is 24.2 Å². The maximum atomic E-state index is 13.1. The van der Waals surface area contributed by atoms with Crippen molar-refractivity contribution in [2.45, 2.75) is 19.4 Å². The van der Waals surface area contributed by atoms with Crippen molar-refractivity contribution in [3.8, 4) is 5.75 Å². The van der Waals surface area contributed by atoms with Crippen LogP contribution in [0.2, 0.25) is 0 Å². The van der Waals surface area contributed by atoms with Crippen molar-refractivity contribution in [3.05, 3.63) is 65.5 Å². The van der Waals surface area contributed by atoms with Crippen molar-refractivity contribution in [1.29, 1.82) is 0 Å². The van der Waals surface area contributed by atoms with Crippen LogP contribution in [0.15, 0.2) is 54.4 Å². The molecule has 1 aromatic heterocycles. The molecule has 0 spiro atoms. The molecule has 174 valence electrons. The molecule has 1 atom stereocenters. The number of nitrogens with zero attached hydrogens (tertiary/aromatic N) is 3. The van der Waals surface area contributed by atoms with E-state index in [1.807, 2.05) is 13.0 Å². The van der Waals surface area contributed by atoms with Crippen LogP contribution < -0.4 is 4.74 Å². The van der Waals surface area contributed by atoms with Crippen molar-refractivity contribution in [3.63, 3.8) is 0 Å². The summed E-state index contributed by atoms with van der Waals surface area (Å²) in [6, 6.07) is 9.82. The molecule has 1 amide bonds. The van der Waals surface area contributed by atoms with Crippen molar-refractivity contribution in [2.75, 3.05) is 46.0 Å². The van der Waals surface area contributed by atoms with Gasteiger partial charge < -0.3 is 19.5 Å². The Morgan fingerprint density at radius 3 is 2.73 bits per heavy atom. The molecule has 2 aliphatic rings. The minimum Gasteiger partial charge on any atom is -0.507 e. The normalized spacial score (nSPS) is 20.9. The molecule has 33 heavy (non-hydrogen) atoms. The van der Waals surface area contributed by atoms with Gasteiger partial charge in [-0.25, -0.2) is 0 Å². The van der Waals surface area contributed by atoms with Crippen LogP contribution in [0.4, 0.5) is 0 Å². The van der Waals surface area contributed by atoms with E-state index in [9.17, 15) is 14.7 Å². The van der Waals surface area contributed by atoms with E-state index in [2.05, 4.69) is 9.88 Å². The smallest absolute Gasteiger partial charge is 0.295 e. The first kappa shape index (κ1) is 22.9. The number of hydrogen-bond acceptors (Lipinski definition) is 7. The number of Topliss-reactive ketones (excluding diaryl/α,β-unsaturated/α-hetero) is 1. The van der Waals surface area contributed by atoms with Crippen LogP contribution in [0.5, 0.6) is 5.75 Å². The van der Waals surface area contributed by atoms with E-state index in [0.29, 0.717) is 49.8 Å². The number of benzene rings is 1. The lowest BCUT2D eigenvalue weighted by Crippen LogP contribution is -2.42. The Bertz CT molecular complexity index is 1020.